The van der Waals surface area contributed by atoms with E-state index in [1.165, 1.54) is 24.3 Å². The number of benzene rings is 1. The summed E-state index contributed by atoms with van der Waals surface area (Å²) in [5.41, 5.74) is 0.661. The van der Waals surface area contributed by atoms with Gasteiger partial charge < -0.3 is 9.87 Å². The molecule has 8 heteroatoms. The summed E-state index contributed by atoms with van der Waals surface area (Å²) in [6.45, 7) is 0.304. The molecule has 1 unspecified atom stereocenters. The molecule has 0 bridgehead atoms. The smallest absolute Gasteiger partial charge is 0.269 e. The average molecular weight is 245 g/mol. The van der Waals surface area contributed by atoms with Crippen LogP contribution in [0.5, 0.6) is 0 Å². The standard InChI is InChI=1S/C8H10N2O5S/c11-10(12)8-3-1-7(2-4-8)9-5-6-15-16(13)14/h1-4,9H,5-6H2,(H,13,14)/p-1. The molecule has 88 valence electrons. The van der Waals surface area contributed by atoms with E-state index in [2.05, 4.69) is 9.50 Å². The van der Waals surface area contributed by atoms with Crippen molar-refractivity contribution in [3.63, 3.8) is 0 Å². The molecule has 16 heavy (non-hydrogen) atoms. The Kier molecular flexibility index (Phi) is 4.83. The summed E-state index contributed by atoms with van der Waals surface area (Å²) in [4.78, 5) is 9.85. The summed E-state index contributed by atoms with van der Waals surface area (Å²) in [5.74, 6) is 0. The maximum Gasteiger partial charge on any atom is 0.269 e. The third kappa shape index (κ3) is 4.34. The lowest BCUT2D eigenvalue weighted by Gasteiger charge is -2.07. The summed E-state index contributed by atoms with van der Waals surface area (Å²) in [7, 11) is 0. The van der Waals surface area contributed by atoms with Crippen molar-refractivity contribution in [2.75, 3.05) is 18.5 Å². The van der Waals surface area contributed by atoms with Gasteiger partial charge in [-0.2, -0.15) is 0 Å². The molecule has 1 aromatic rings. The lowest BCUT2D eigenvalue weighted by atomic mass is 10.3. The van der Waals surface area contributed by atoms with Gasteiger partial charge in [-0.05, 0) is 12.1 Å². The molecular formula is C8H9N2O5S-. The molecule has 1 rings (SSSR count). The Hall–Kier alpha value is -1.51. The molecule has 0 aliphatic rings. The van der Waals surface area contributed by atoms with Crippen LogP contribution in [0.25, 0.3) is 0 Å². The number of nitrogens with one attached hydrogen (secondary N) is 1. The third-order valence-corrected chi connectivity index (χ3v) is 2.05. The zero-order chi connectivity index (χ0) is 12.0. The molecule has 7 nitrogen and oxygen atoms in total. The highest BCUT2D eigenvalue weighted by molar-refractivity contribution is 7.74. The van der Waals surface area contributed by atoms with Gasteiger partial charge in [0.2, 0.25) is 0 Å². The Balaban J connectivity index is 2.38. The van der Waals surface area contributed by atoms with Crippen molar-refractivity contribution in [1.82, 2.24) is 0 Å². The molecule has 0 aliphatic heterocycles. The van der Waals surface area contributed by atoms with Crippen LogP contribution in [0, 0.1) is 10.1 Å². The van der Waals surface area contributed by atoms with Crippen LogP contribution in [0.4, 0.5) is 11.4 Å². The SMILES string of the molecule is O=[N+]([O-])c1ccc(NCCOS(=O)[O-])cc1. The van der Waals surface area contributed by atoms with Crippen molar-refractivity contribution >= 4 is 22.7 Å². The van der Waals surface area contributed by atoms with Crippen molar-refractivity contribution in [1.29, 1.82) is 0 Å². The first-order chi connectivity index (χ1) is 7.59. The highest BCUT2D eigenvalue weighted by atomic mass is 32.2. The number of non-ortho nitro benzene ring substituents is 1. The first kappa shape index (κ1) is 12.6. The van der Waals surface area contributed by atoms with Crippen molar-refractivity contribution in [2.24, 2.45) is 0 Å². The predicted octanol–water partition coefficient (Wildman–Crippen LogP) is 0.817. The molecule has 1 atom stereocenters. The predicted molar refractivity (Wildman–Crippen MR) is 56.5 cm³/mol. The molecule has 0 amide bonds. The van der Waals surface area contributed by atoms with Gasteiger partial charge in [0.25, 0.3) is 5.69 Å². The van der Waals surface area contributed by atoms with Gasteiger partial charge >= 0.3 is 0 Å². The Labute approximate surface area is 94.1 Å². The maximum atomic E-state index is 10.3. The Morgan fingerprint density at radius 3 is 2.50 bits per heavy atom. The number of rotatable bonds is 6. The van der Waals surface area contributed by atoms with Crippen molar-refractivity contribution in [2.45, 2.75) is 0 Å². The van der Waals surface area contributed by atoms with Gasteiger partial charge in [0.15, 0.2) is 0 Å². The van der Waals surface area contributed by atoms with Gasteiger partial charge in [-0.15, -0.1) is 0 Å². The number of hydrogen-bond donors (Lipinski definition) is 1. The minimum Gasteiger partial charge on any atom is -0.750 e. The third-order valence-electron chi connectivity index (χ3n) is 1.69. The summed E-state index contributed by atoms with van der Waals surface area (Å²) < 4.78 is 24.3. The molecule has 0 radical (unpaired) electrons. The van der Waals surface area contributed by atoms with Crippen LogP contribution < -0.4 is 5.32 Å². The van der Waals surface area contributed by atoms with E-state index >= 15 is 0 Å². The van der Waals surface area contributed by atoms with Gasteiger partial charge in [0, 0.05) is 24.4 Å². The normalized spacial score (nSPS) is 12.1. The molecule has 1 aromatic carbocycles. The number of anilines is 1. The summed E-state index contributed by atoms with van der Waals surface area (Å²) in [6.07, 6.45) is 0. The van der Waals surface area contributed by atoms with Crippen LogP contribution in [0.3, 0.4) is 0 Å². The lowest BCUT2D eigenvalue weighted by molar-refractivity contribution is -0.384. The van der Waals surface area contributed by atoms with Gasteiger partial charge in [0.1, 0.15) is 0 Å². The molecule has 0 spiro atoms. The number of hydrogen-bond acceptors (Lipinski definition) is 6. The van der Waals surface area contributed by atoms with Crippen LogP contribution in [-0.4, -0.2) is 26.8 Å². The van der Waals surface area contributed by atoms with E-state index in [1.54, 1.807) is 0 Å². The first-order valence-electron chi connectivity index (χ1n) is 4.30. The second-order valence-corrected chi connectivity index (χ2v) is 3.40. The fourth-order valence-corrected chi connectivity index (χ4v) is 1.23. The molecule has 0 fully saturated rings. The van der Waals surface area contributed by atoms with Gasteiger partial charge in [0.05, 0.1) is 22.9 Å². The van der Waals surface area contributed by atoms with Crippen LogP contribution in [0.15, 0.2) is 24.3 Å². The quantitative estimate of drug-likeness (QED) is 0.344. The topological polar surface area (TPSA) is 105 Å². The molecule has 0 heterocycles. The number of nitro benzene ring substituents is 1. The van der Waals surface area contributed by atoms with E-state index in [1.807, 2.05) is 0 Å². The van der Waals surface area contributed by atoms with E-state index in [0.29, 0.717) is 12.2 Å². The fraction of sp³-hybridized carbons (Fsp3) is 0.250. The van der Waals surface area contributed by atoms with Crippen LogP contribution in [-0.2, 0) is 15.5 Å². The molecule has 0 saturated carbocycles. The van der Waals surface area contributed by atoms with Crippen molar-refractivity contribution in [3.8, 4) is 0 Å². The van der Waals surface area contributed by atoms with E-state index < -0.39 is 16.3 Å². The van der Waals surface area contributed by atoms with Gasteiger partial charge in [-0.3, -0.25) is 14.3 Å². The van der Waals surface area contributed by atoms with Crippen LogP contribution in [0.2, 0.25) is 0 Å². The highest BCUT2D eigenvalue weighted by Gasteiger charge is 2.02. The monoisotopic (exact) mass is 245 g/mol. The van der Waals surface area contributed by atoms with E-state index in [9.17, 15) is 18.9 Å². The number of nitrogens with zero attached hydrogens (tertiary/aromatic N) is 1. The van der Waals surface area contributed by atoms with Crippen LogP contribution in [0.1, 0.15) is 0 Å². The molecular weight excluding hydrogens is 236 g/mol. The highest BCUT2D eigenvalue weighted by Crippen LogP contribution is 2.14. The lowest BCUT2D eigenvalue weighted by Crippen LogP contribution is -2.10. The second-order valence-electron chi connectivity index (χ2n) is 2.76. The Bertz CT molecular complexity index is 381. The van der Waals surface area contributed by atoms with E-state index in [-0.39, 0.29) is 12.3 Å². The molecule has 0 saturated heterocycles. The van der Waals surface area contributed by atoms with Gasteiger partial charge in [-0.25, -0.2) is 4.21 Å². The minimum absolute atomic E-state index is 0.00228. The second kappa shape index (κ2) is 6.16. The van der Waals surface area contributed by atoms with Crippen LogP contribution >= 0.6 is 0 Å². The summed E-state index contributed by atoms with van der Waals surface area (Å²) in [6, 6.07) is 5.78. The minimum atomic E-state index is -2.51. The van der Waals surface area contributed by atoms with Crippen molar-refractivity contribution < 1.29 is 17.9 Å². The zero-order valence-electron chi connectivity index (χ0n) is 8.12. The van der Waals surface area contributed by atoms with E-state index in [0.717, 1.165) is 0 Å². The first-order valence-corrected chi connectivity index (χ1v) is 5.30. The zero-order valence-corrected chi connectivity index (χ0v) is 8.94. The Morgan fingerprint density at radius 2 is 2.00 bits per heavy atom. The van der Waals surface area contributed by atoms with Crippen molar-refractivity contribution in [3.05, 3.63) is 34.4 Å². The molecule has 0 aliphatic carbocycles. The average Bonchev–Trinajstić information content (AvgIpc) is 2.25. The Morgan fingerprint density at radius 1 is 1.38 bits per heavy atom. The summed E-state index contributed by atoms with van der Waals surface area (Å²) >= 11 is -2.51. The molecule has 0 aromatic heterocycles. The maximum absolute atomic E-state index is 10.3. The summed E-state index contributed by atoms with van der Waals surface area (Å²) in [5, 5.41) is 13.2. The fourth-order valence-electron chi connectivity index (χ4n) is 1.01. The number of nitro groups is 1. The largest absolute Gasteiger partial charge is 0.750 e. The van der Waals surface area contributed by atoms with Gasteiger partial charge in [-0.1, -0.05) is 0 Å². The van der Waals surface area contributed by atoms with E-state index in [4.69, 9.17) is 0 Å². The molecule has 1 N–H and O–H groups in total.